The lowest BCUT2D eigenvalue weighted by molar-refractivity contribution is -0.276. The third-order valence-corrected chi connectivity index (χ3v) is 3.04. The van der Waals surface area contributed by atoms with Crippen LogP contribution in [0.3, 0.4) is 0 Å². The fourth-order valence-electron chi connectivity index (χ4n) is 1.86. The molecule has 0 spiro atoms. The zero-order chi connectivity index (χ0) is 14.0. The number of ether oxygens (including phenoxy) is 2. The van der Waals surface area contributed by atoms with E-state index in [1.54, 1.807) is 30.3 Å². The van der Waals surface area contributed by atoms with E-state index in [1.165, 1.54) is 6.92 Å². The van der Waals surface area contributed by atoms with E-state index in [-0.39, 0.29) is 0 Å². The minimum absolute atomic E-state index is 0.312. The van der Waals surface area contributed by atoms with Crippen molar-refractivity contribution in [2.75, 3.05) is 0 Å². The number of benzene rings is 1. The Bertz CT molecular complexity index is 434. The van der Waals surface area contributed by atoms with Crippen molar-refractivity contribution in [1.29, 1.82) is 0 Å². The molecule has 5 atom stereocenters. The summed E-state index contributed by atoms with van der Waals surface area (Å²) in [6, 6.07) is 8.23. The predicted octanol–water partition coefficient (Wildman–Crippen LogP) is -0.329. The highest BCUT2D eigenvalue weighted by Crippen LogP contribution is 2.22. The Morgan fingerprint density at radius 3 is 2.37 bits per heavy atom. The Labute approximate surface area is 110 Å². The first kappa shape index (κ1) is 14.0. The van der Waals surface area contributed by atoms with Crippen LogP contribution in [0.5, 0.6) is 0 Å². The van der Waals surface area contributed by atoms with Gasteiger partial charge in [0.2, 0.25) is 6.29 Å². The molecule has 0 aromatic heterocycles. The summed E-state index contributed by atoms with van der Waals surface area (Å²) in [4.78, 5) is 11.8. The maximum Gasteiger partial charge on any atom is 0.340 e. The van der Waals surface area contributed by atoms with Crippen molar-refractivity contribution < 1.29 is 29.6 Å². The van der Waals surface area contributed by atoms with Crippen molar-refractivity contribution in [2.45, 2.75) is 37.6 Å². The van der Waals surface area contributed by atoms with Crippen molar-refractivity contribution in [1.82, 2.24) is 0 Å². The lowest BCUT2D eigenvalue weighted by Crippen LogP contribution is -2.57. The van der Waals surface area contributed by atoms with Gasteiger partial charge in [0.05, 0.1) is 11.7 Å². The molecule has 6 heteroatoms. The van der Waals surface area contributed by atoms with Crippen LogP contribution in [0.15, 0.2) is 30.3 Å². The fraction of sp³-hybridized carbons (Fsp3) is 0.462. The summed E-state index contributed by atoms with van der Waals surface area (Å²) in [6.45, 7) is 1.52. The average Bonchev–Trinajstić information content (AvgIpc) is 2.43. The molecule has 1 aliphatic rings. The van der Waals surface area contributed by atoms with E-state index in [4.69, 9.17) is 9.47 Å². The van der Waals surface area contributed by atoms with Gasteiger partial charge in [-0.2, -0.15) is 0 Å². The van der Waals surface area contributed by atoms with Crippen LogP contribution < -0.4 is 0 Å². The van der Waals surface area contributed by atoms with Crippen molar-refractivity contribution in [2.24, 2.45) is 0 Å². The van der Waals surface area contributed by atoms with Crippen LogP contribution in [-0.4, -0.2) is 52.0 Å². The molecule has 0 radical (unpaired) electrons. The topological polar surface area (TPSA) is 96.2 Å². The van der Waals surface area contributed by atoms with Crippen LogP contribution in [0.2, 0.25) is 0 Å². The van der Waals surface area contributed by atoms with E-state index in [0.29, 0.717) is 5.56 Å². The monoisotopic (exact) mass is 274 g/mol. The second kappa shape index (κ2) is 5.66. The molecule has 0 unspecified atom stereocenters. The van der Waals surface area contributed by atoms with Crippen molar-refractivity contribution in [3.05, 3.63) is 35.9 Å². The molecule has 0 saturated carbocycles. The second-order valence-corrected chi connectivity index (χ2v) is 4.45. The SMILES string of the molecule is [13CH3][13C@@H]1O[13C@@H](OC(=O)c2ccccc2)[13C@H](O)[13C@H](O)[13C@H]1O. The van der Waals surface area contributed by atoms with Gasteiger partial charge in [-0.25, -0.2) is 4.79 Å². The highest BCUT2D eigenvalue weighted by Gasteiger charge is 2.43. The van der Waals surface area contributed by atoms with Gasteiger partial charge in [-0.05, 0) is 19.1 Å². The molecule has 0 amide bonds. The molecule has 104 valence electrons. The average molecular weight is 274 g/mol. The number of aliphatic hydroxyl groups is 3. The molecule has 1 heterocycles. The maximum atomic E-state index is 11.8. The third kappa shape index (κ3) is 2.93. The Balaban J connectivity index is 2.05. The molecule has 1 aromatic rings. The summed E-state index contributed by atoms with van der Waals surface area (Å²) in [5, 5.41) is 28.8. The predicted molar refractivity (Wildman–Crippen MR) is 64.2 cm³/mol. The number of aliphatic hydroxyl groups excluding tert-OH is 3. The van der Waals surface area contributed by atoms with Gasteiger partial charge in [0.1, 0.15) is 18.3 Å². The van der Waals surface area contributed by atoms with Crippen LogP contribution in [0.1, 0.15) is 17.3 Å². The number of hydrogen-bond acceptors (Lipinski definition) is 6. The van der Waals surface area contributed by atoms with Crippen molar-refractivity contribution >= 4 is 5.97 Å². The second-order valence-electron chi connectivity index (χ2n) is 4.45. The molecule has 1 aromatic carbocycles. The van der Waals surface area contributed by atoms with Crippen molar-refractivity contribution in [3.8, 4) is 0 Å². The molecule has 6 nitrogen and oxygen atoms in total. The minimum atomic E-state index is -1.49. The highest BCUT2D eigenvalue weighted by atomic mass is 16.9. The van der Waals surface area contributed by atoms with Gasteiger partial charge < -0.3 is 24.8 Å². The first-order valence-corrected chi connectivity index (χ1v) is 5.96. The first-order chi connectivity index (χ1) is 9.00. The van der Waals surface area contributed by atoms with Gasteiger partial charge in [-0.1, -0.05) is 18.2 Å². The Kier molecular flexibility index (Phi) is 4.16. The number of esters is 1. The molecule has 1 saturated heterocycles. The van der Waals surface area contributed by atoms with Gasteiger partial charge in [0.15, 0.2) is 0 Å². The Morgan fingerprint density at radius 2 is 1.74 bits per heavy atom. The van der Waals surface area contributed by atoms with Crippen LogP contribution in [0.25, 0.3) is 0 Å². The molecule has 1 aliphatic heterocycles. The number of carbonyl (C=O) groups excluding carboxylic acids is 1. The summed E-state index contributed by atoms with van der Waals surface area (Å²) >= 11 is 0. The molecular weight excluding hydrogens is 258 g/mol. The van der Waals surface area contributed by atoms with E-state index in [0.717, 1.165) is 0 Å². The Hall–Kier alpha value is -1.47. The molecule has 0 bridgehead atoms. The molecule has 1 fully saturated rings. The third-order valence-electron chi connectivity index (χ3n) is 3.04. The Morgan fingerprint density at radius 1 is 1.11 bits per heavy atom. The van der Waals surface area contributed by atoms with E-state index in [1.807, 2.05) is 0 Å². The van der Waals surface area contributed by atoms with Crippen LogP contribution in [-0.2, 0) is 9.47 Å². The summed E-state index contributed by atoms with van der Waals surface area (Å²) < 4.78 is 10.2. The largest absolute Gasteiger partial charge is 0.429 e. The zero-order valence-electron chi connectivity index (χ0n) is 10.3. The van der Waals surface area contributed by atoms with E-state index < -0.39 is 36.7 Å². The zero-order valence-corrected chi connectivity index (χ0v) is 10.3. The van der Waals surface area contributed by atoms with Gasteiger partial charge >= 0.3 is 5.97 Å². The first-order valence-electron chi connectivity index (χ1n) is 5.96. The minimum Gasteiger partial charge on any atom is -0.429 e. The lowest BCUT2D eigenvalue weighted by atomic mass is 10.2. The van der Waals surface area contributed by atoms with E-state index in [9.17, 15) is 20.1 Å². The molecule has 19 heavy (non-hydrogen) atoms. The fourth-order valence-corrected chi connectivity index (χ4v) is 1.86. The highest BCUT2D eigenvalue weighted by molar-refractivity contribution is 5.89. The number of hydrogen-bond donors (Lipinski definition) is 3. The summed E-state index contributed by atoms with van der Waals surface area (Å²) in [6.07, 6.45) is -6.18. The molecule has 2 rings (SSSR count). The van der Waals surface area contributed by atoms with Crippen LogP contribution >= 0.6 is 0 Å². The molecular formula is C13H16O6. The quantitative estimate of drug-likeness (QED) is 0.505. The van der Waals surface area contributed by atoms with Crippen molar-refractivity contribution in [3.63, 3.8) is 0 Å². The number of carbonyl (C=O) groups is 1. The number of rotatable bonds is 2. The summed E-state index contributed by atoms with van der Waals surface area (Å²) in [5.74, 6) is -0.666. The summed E-state index contributed by atoms with van der Waals surface area (Å²) in [7, 11) is 0. The smallest absolute Gasteiger partial charge is 0.340 e. The van der Waals surface area contributed by atoms with Crippen LogP contribution in [0, 0.1) is 0 Å². The normalized spacial score (nSPS) is 34.8. The standard InChI is InChI=1S/C13H16O6/c1-7-9(14)10(15)11(16)13(18-7)19-12(17)8-5-3-2-4-6-8/h2-7,9-11,13-16H,1H3/t7-,9-,10+,11+,13-/m0/s1/i1+1,7+1,9+1,10+1,11+1,13+1. The summed E-state index contributed by atoms with van der Waals surface area (Å²) in [5.41, 5.74) is 0.312. The molecule has 0 aliphatic carbocycles. The van der Waals surface area contributed by atoms with E-state index in [2.05, 4.69) is 0 Å². The van der Waals surface area contributed by atoms with Crippen LogP contribution in [0.4, 0.5) is 0 Å². The maximum absolute atomic E-state index is 11.8. The molecule has 3 N–H and O–H groups in total. The van der Waals surface area contributed by atoms with Gasteiger partial charge in [-0.15, -0.1) is 0 Å². The van der Waals surface area contributed by atoms with E-state index >= 15 is 0 Å². The van der Waals surface area contributed by atoms with Gasteiger partial charge in [-0.3, -0.25) is 0 Å². The van der Waals surface area contributed by atoms with Gasteiger partial charge in [0.25, 0.3) is 0 Å². The lowest BCUT2D eigenvalue weighted by Gasteiger charge is -2.38. The van der Waals surface area contributed by atoms with Gasteiger partial charge in [0, 0.05) is 0 Å².